The van der Waals surface area contributed by atoms with E-state index < -0.39 is 29.7 Å². The fourth-order valence-electron chi connectivity index (χ4n) is 3.65. The maximum atomic E-state index is 12.9. The van der Waals surface area contributed by atoms with Crippen LogP contribution in [0.1, 0.15) is 51.4 Å². The Bertz CT molecular complexity index is 898. The lowest BCUT2D eigenvalue weighted by atomic mass is 10.1. The minimum Gasteiger partial charge on any atom is -0.457 e. The molecule has 1 saturated heterocycles. The smallest absolute Gasteiger partial charge is 0.350 e. The molecule has 3 atom stereocenters. The van der Waals surface area contributed by atoms with E-state index >= 15 is 0 Å². The molecule has 1 heterocycles. The van der Waals surface area contributed by atoms with Crippen LogP contribution in [0.15, 0.2) is 24.3 Å². The minimum atomic E-state index is -1.24. The van der Waals surface area contributed by atoms with E-state index in [0.717, 1.165) is 6.42 Å². The lowest BCUT2D eigenvalue weighted by Gasteiger charge is -2.27. The summed E-state index contributed by atoms with van der Waals surface area (Å²) in [5.41, 5.74) is 0.249. The van der Waals surface area contributed by atoms with Crippen molar-refractivity contribution in [1.29, 1.82) is 0 Å². The molecular formula is C25H36N2O8. The van der Waals surface area contributed by atoms with Gasteiger partial charge in [-0.25, -0.2) is 4.79 Å². The molecule has 0 bridgehead atoms. The van der Waals surface area contributed by atoms with Crippen molar-refractivity contribution < 1.29 is 38.1 Å². The third-order valence-corrected chi connectivity index (χ3v) is 5.39. The van der Waals surface area contributed by atoms with Crippen LogP contribution in [-0.2, 0) is 33.3 Å². The van der Waals surface area contributed by atoms with E-state index in [2.05, 4.69) is 0 Å². The summed E-state index contributed by atoms with van der Waals surface area (Å²) in [5, 5.41) is 0. The quantitative estimate of drug-likeness (QED) is 0.341. The maximum Gasteiger partial charge on any atom is 0.350 e. The molecule has 35 heavy (non-hydrogen) atoms. The summed E-state index contributed by atoms with van der Waals surface area (Å²) in [6.07, 6.45) is -0.585. The highest BCUT2D eigenvalue weighted by Crippen LogP contribution is 2.20. The number of carbonyl (C=O) groups excluding carboxylic acids is 4. The summed E-state index contributed by atoms with van der Waals surface area (Å²) in [6.45, 7) is 9.28. The summed E-state index contributed by atoms with van der Waals surface area (Å²) in [6, 6.07) is 6.80. The maximum absolute atomic E-state index is 12.9. The van der Waals surface area contributed by atoms with Gasteiger partial charge in [-0.2, -0.15) is 0 Å². The molecule has 0 aromatic heterocycles. The molecule has 1 aromatic rings. The van der Waals surface area contributed by atoms with E-state index in [9.17, 15) is 19.2 Å². The lowest BCUT2D eigenvalue weighted by molar-refractivity contribution is -0.184. The molecule has 0 radical (unpaired) electrons. The zero-order chi connectivity index (χ0) is 26.2. The first-order chi connectivity index (χ1) is 16.4. The summed E-state index contributed by atoms with van der Waals surface area (Å²) in [4.78, 5) is 51.7. The standard InChI is InChI=1S/C25H36N2O8/c1-17(22(34-18(2)29)24(31)35-25(3,4)5)33-13-12-27(16-28)20-9-7-8-19(14-20)23(30)26-11-10-21(15-26)32-6/h7-9,14,16-17,21-22H,10-13,15H2,1-6H3/t17-,21+,22?/m0/s1. The van der Waals surface area contributed by atoms with E-state index in [1.54, 1.807) is 64.0 Å². The summed E-state index contributed by atoms with van der Waals surface area (Å²) in [5.74, 6) is -1.47. The van der Waals surface area contributed by atoms with Gasteiger partial charge in [-0.3, -0.25) is 14.4 Å². The average Bonchev–Trinajstić information content (AvgIpc) is 3.28. The monoisotopic (exact) mass is 492 g/mol. The second-order valence-corrected chi connectivity index (χ2v) is 9.39. The van der Waals surface area contributed by atoms with Gasteiger partial charge in [0.25, 0.3) is 5.91 Å². The Kier molecular flexibility index (Phi) is 10.2. The molecule has 1 aliphatic heterocycles. The van der Waals surface area contributed by atoms with Crippen molar-refractivity contribution in [1.82, 2.24) is 4.90 Å². The van der Waals surface area contributed by atoms with Crippen LogP contribution in [-0.4, -0.2) is 86.4 Å². The molecule has 194 valence electrons. The first-order valence-corrected chi connectivity index (χ1v) is 11.6. The van der Waals surface area contributed by atoms with Gasteiger partial charge in [-0.1, -0.05) is 6.07 Å². The number of hydrogen-bond acceptors (Lipinski definition) is 8. The molecule has 1 unspecified atom stereocenters. The number of methoxy groups -OCH3 is 1. The van der Waals surface area contributed by atoms with Gasteiger partial charge in [0.15, 0.2) is 0 Å². The first-order valence-electron chi connectivity index (χ1n) is 11.6. The molecule has 1 aliphatic rings. The molecule has 0 spiro atoms. The summed E-state index contributed by atoms with van der Waals surface area (Å²) < 4.78 is 21.5. The Labute approximate surface area is 206 Å². The highest BCUT2D eigenvalue weighted by molar-refractivity contribution is 5.96. The summed E-state index contributed by atoms with van der Waals surface area (Å²) >= 11 is 0. The highest BCUT2D eigenvalue weighted by atomic mass is 16.6. The number of nitrogens with zero attached hydrogens (tertiary/aromatic N) is 2. The fourth-order valence-corrected chi connectivity index (χ4v) is 3.65. The van der Waals surface area contributed by atoms with Crippen molar-refractivity contribution in [2.45, 2.75) is 65.0 Å². The first kappa shape index (κ1) is 28.3. The Morgan fingerprint density at radius 2 is 1.97 bits per heavy atom. The number of ether oxygens (including phenoxy) is 4. The normalized spacial score (nSPS) is 17.4. The predicted octanol–water partition coefficient (Wildman–Crippen LogP) is 2.19. The van der Waals surface area contributed by atoms with Gasteiger partial charge < -0.3 is 28.7 Å². The predicted molar refractivity (Wildman–Crippen MR) is 128 cm³/mol. The van der Waals surface area contributed by atoms with E-state index in [1.807, 2.05) is 0 Å². The molecule has 10 nitrogen and oxygen atoms in total. The zero-order valence-electron chi connectivity index (χ0n) is 21.3. The van der Waals surface area contributed by atoms with Crippen LogP contribution in [0.2, 0.25) is 0 Å². The van der Waals surface area contributed by atoms with E-state index in [-0.39, 0.29) is 25.2 Å². The van der Waals surface area contributed by atoms with Crippen LogP contribution in [0.3, 0.4) is 0 Å². The Morgan fingerprint density at radius 3 is 2.54 bits per heavy atom. The van der Waals surface area contributed by atoms with E-state index in [1.165, 1.54) is 11.8 Å². The third kappa shape index (κ3) is 8.63. The second kappa shape index (κ2) is 12.6. The van der Waals surface area contributed by atoms with Gasteiger partial charge in [-0.05, 0) is 52.3 Å². The Morgan fingerprint density at radius 1 is 1.26 bits per heavy atom. The van der Waals surface area contributed by atoms with Crippen LogP contribution in [0.4, 0.5) is 5.69 Å². The van der Waals surface area contributed by atoms with Crippen LogP contribution in [0, 0.1) is 0 Å². The number of benzene rings is 1. The van der Waals surface area contributed by atoms with Crippen molar-refractivity contribution in [3.8, 4) is 0 Å². The van der Waals surface area contributed by atoms with Crippen molar-refractivity contribution in [2.24, 2.45) is 0 Å². The van der Waals surface area contributed by atoms with Crippen molar-refractivity contribution >= 4 is 29.9 Å². The Balaban J connectivity index is 2.00. The van der Waals surface area contributed by atoms with Crippen molar-refractivity contribution in [3.63, 3.8) is 0 Å². The van der Waals surface area contributed by atoms with Crippen LogP contribution in [0.25, 0.3) is 0 Å². The molecular weight excluding hydrogens is 456 g/mol. The minimum absolute atomic E-state index is 0.0317. The largest absolute Gasteiger partial charge is 0.457 e. The van der Waals surface area contributed by atoms with Crippen molar-refractivity contribution in [3.05, 3.63) is 29.8 Å². The van der Waals surface area contributed by atoms with Gasteiger partial charge in [0.2, 0.25) is 12.5 Å². The molecule has 0 saturated carbocycles. The number of carbonyl (C=O) groups is 4. The SMILES string of the molecule is CO[C@@H]1CCN(C(=O)c2cccc(N(C=O)CCO[C@@H](C)C(OC(C)=O)C(=O)OC(C)(C)C)c2)C1. The molecule has 0 N–H and O–H groups in total. The third-order valence-electron chi connectivity index (χ3n) is 5.39. The van der Waals surface area contributed by atoms with Crippen LogP contribution >= 0.6 is 0 Å². The molecule has 1 aromatic carbocycles. The number of amides is 2. The number of rotatable bonds is 11. The van der Waals surface area contributed by atoms with Crippen LogP contribution in [0.5, 0.6) is 0 Å². The van der Waals surface area contributed by atoms with Crippen molar-refractivity contribution in [2.75, 3.05) is 38.3 Å². The fraction of sp³-hybridized carbons (Fsp3) is 0.600. The Hall–Kier alpha value is -2.98. The van der Waals surface area contributed by atoms with Gasteiger partial charge in [0.05, 0.1) is 12.7 Å². The van der Waals surface area contributed by atoms with E-state index in [4.69, 9.17) is 18.9 Å². The number of anilines is 1. The van der Waals surface area contributed by atoms with Gasteiger partial charge in [0.1, 0.15) is 11.7 Å². The second-order valence-electron chi connectivity index (χ2n) is 9.39. The lowest BCUT2D eigenvalue weighted by Crippen LogP contribution is -2.42. The molecule has 1 fully saturated rings. The van der Waals surface area contributed by atoms with Gasteiger partial charge in [0, 0.05) is 44.9 Å². The zero-order valence-corrected chi connectivity index (χ0v) is 21.3. The molecule has 10 heteroatoms. The molecule has 2 amide bonds. The summed E-state index contributed by atoms with van der Waals surface area (Å²) in [7, 11) is 1.63. The number of likely N-dealkylation sites (tertiary alicyclic amines) is 1. The molecule has 2 rings (SSSR count). The van der Waals surface area contributed by atoms with Crippen LogP contribution < -0.4 is 4.90 Å². The highest BCUT2D eigenvalue weighted by Gasteiger charge is 2.33. The van der Waals surface area contributed by atoms with E-state index in [0.29, 0.717) is 30.8 Å². The molecule has 0 aliphatic carbocycles. The topological polar surface area (TPSA) is 112 Å². The number of esters is 2. The average molecular weight is 493 g/mol. The van der Waals surface area contributed by atoms with Gasteiger partial charge in [-0.15, -0.1) is 0 Å². The number of hydrogen-bond donors (Lipinski definition) is 0. The van der Waals surface area contributed by atoms with Gasteiger partial charge >= 0.3 is 11.9 Å².